The fraction of sp³-hybridized carbons (Fsp3) is 0.611. The molecule has 23 heavy (non-hydrogen) atoms. The van der Waals surface area contributed by atoms with Crippen LogP contribution in [-0.2, 0) is 4.74 Å². The molecule has 0 unspecified atom stereocenters. The summed E-state index contributed by atoms with van der Waals surface area (Å²) in [6.07, 6.45) is 5.63. The summed E-state index contributed by atoms with van der Waals surface area (Å²) in [5.74, 6) is 0.565. The van der Waals surface area contributed by atoms with Crippen LogP contribution in [0.5, 0.6) is 0 Å². The van der Waals surface area contributed by atoms with Crippen LogP contribution in [0.25, 0.3) is 0 Å². The lowest BCUT2D eigenvalue weighted by Gasteiger charge is -2.37. The summed E-state index contributed by atoms with van der Waals surface area (Å²) in [6.45, 7) is 5.43. The molecule has 1 heterocycles. The number of carbonyl (C=O) groups is 1. The molecule has 0 atom stereocenters. The van der Waals surface area contributed by atoms with Crippen molar-refractivity contribution in [2.24, 2.45) is 5.92 Å². The van der Waals surface area contributed by atoms with Gasteiger partial charge in [-0.2, -0.15) is 0 Å². The van der Waals surface area contributed by atoms with Gasteiger partial charge >= 0.3 is 5.97 Å². The van der Waals surface area contributed by atoms with Crippen LogP contribution in [0, 0.1) is 5.92 Å². The number of piperazine rings is 1. The van der Waals surface area contributed by atoms with Crippen molar-refractivity contribution in [2.75, 3.05) is 50.5 Å². The lowest BCUT2D eigenvalue weighted by molar-refractivity contribution is 0.0601. The van der Waals surface area contributed by atoms with Crippen molar-refractivity contribution in [2.45, 2.75) is 25.7 Å². The Hall–Kier alpha value is -1.75. The first-order valence-electron chi connectivity index (χ1n) is 8.62. The Bertz CT molecular complexity index is 547. The van der Waals surface area contributed by atoms with E-state index in [2.05, 4.69) is 9.80 Å². The van der Waals surface area contributed by atoms with E-state index in [0.29, 0.717) is 11.3 Å². The maximum atomic E-state index is 11.6. The maximum absolute atomic E-state index is 11.6. The Labute approximate surface area is 138 Å². The Morgan fingerprint density at radius 1 is 1.22 bits per heavy atom. The lowest BCUT2D eigenvalue weighted by Crippen LogP contribution is -2.47. The van der Waals surface area contributed by atoms with E-state index in [1.165, 1.54) is 39.3 Å². The number of benzene rings is 1. The van der Waals surface area contributed by atoms with Gasteiger partial charge in [0.1, 0.15) is 0 Å². The van der Waals surface area contributed by atoms with Crippen LogP contribution in [0.2, 0.25) is 0 Å². The van der Waals surface area contributed by atoms with Crippen molar-refractivity contribution in [3.63, 3.8) is 0 Å². The maximum Gasteiger partial charge on any atom is 0.337 e. The van der Waals surface area contributed by atoms with Gasteiger partial charge in [-0.05, 0) is 37.0 Å². The number of carbonyl (C=O) groups excluding carboxylic acids is 1. The quantitative estimate of drug-likeness (QED) is 0.682. The fourth-order valence-electron chi connectivity index (χ4n) is 3.82. The van der Waals surface area contributed by atoms with Gasteiger partial charge in [-0.1, -0.05) is 12.8 Å². The van der Waals surface area contributed by atoms with Gasteiger partial charge in [0.2, 0.25) is 0 Å². The second kappa shape index (κ2) is 7.21. The molecule has 1 aromatic rings. The average molecular weight is 317 g/mol. The molecule has 1 saturated carbocycles. The second-order valence-corrected chi connectivity index (χ2v) is 6.70. The minimum Gasteiger partial charge on any atom is -0.465 e. The molecular formula is C18H27N3O2. The van der Waals surface area contributed by atoms with E-state index in [0.717, 1.165) is 37.8 Å². The predicted octanol–water partition coefficient (Wildman–Crippen LogP) is 2.37. The molecule has 5 nitrogen and oxygen atoms in total. The highest BCUT2D eigenvalue weighted by Gasteiger charge is 2.23. The molecular weight excluding hydrogens is 290 g/mol. The molecule has 5 heteroatoms. The molecule has 1 saturated heterocycles. The first-order chi connectivity index (χ1) is 11.2. The molecule has 0 amide bonds. The van der Waals surface area contributed by atoms with Crippen LogP contribution in [0.3, 0.4) is 0 Å². The molecule has 0 aromatic heterocycles. The minimum atomic E-state index is -0.343. The molecule has 126 valence electrons. The number of hydrogen-bond donors (Lipinski definition) is 1. The van der Waals surface area contributed by atoms with Gasteiger partial charge in [-0.15, -0.1) is 0 Å². The zero-order valence-electron chi connectivity index (χ0n) is 14.0. The van der Waals surface area contributed by atoms with E-state index in [1.807, 2.05) is 6.07 Å². The van der Waals surface area contributed by atoms with E-state index in [-0.39, 0.29) is 5.97 Å². The first-order valence-corrected chi connectivity index (χ1v) is 8.62. The van der Waals surface area contributed by atoms with Gasteiger partial charge in [0.05, 0.1) is 24.0 Å². The highest BCUT2D eigenvalue weighted by Crippen LogP contribution is 2.28. The highest BCUT2D eigenvalue weighted by atomic mass is 16.5. The molecule has 1 aromatic carbocycles. The van der Waals surface area contributed by atoms with E-state index in [4.69, 9.17) is 10.5 Å². The van der Waals surface area contributed by atoms with Crippen molar-refractivity contribution in [1.82, 2.24) is 4.90 Å². The zero-order chi connectivity index (χ0) is 16.2. The Morgan fingerprint density at radius 2 is 1.91 bits per heavy atom. The van der Waals surface area contributed by atoms with Crippen LogP contribution in [-0.4, -0.2) is 50.7 Å². The second-order valence-electron chi connectivity index (χ2n) is 6.70. The van der Waals surface area contributed by atoms with Gasteiger partial charge in [0.25, 0.3) is 0 Å². The van der Waals surface area contributed by atoms with Crippen molar-refractivity contribution in [3.8, 4) is 0 Å². The Balaban J connectivity index is 1.57. The molecule has 2 N–H and O–H groups in total. The summed E-state index contributed by atoms with van der Waals surface area (Å²) in [5.41, 5.74) is 8.33. The van der Waals surface area contributed by atoms with Crippen LogP contribution in [0.15, 0.2) is 18.2 Å². The fourth-order valence-corrected chi connectivity index (χ4v) is 3.82. The first kappa shape index (κ1) is 16.1. The van der Waals surface area contributed by atoms with Crippen molar-refractivity contribution in [3.05, 3.63) is 23.8 Å². The number of hydrogen-bond acceptors (Lipinski definition) is 5. The molecule has 1 aliphatic carbocycles. The summed E-state index contributed by atoms with van der Waals surface area (Å²) in [7, 11) is 1.38. The van der Waals surface area contributed by atoms with Crippen LogP contribution < -0.4 is 10.6 Å². The Morgan fingerprint density at radius 3 is 2.52 bits per heavy atom. The zero-order valence-corrected chi connectivity index (χ0v) is 14.0. The van der Waals surface area contributed by atoms with Gasteiger partial charge in [0.15, 0.2) is 0 Å². The number of esters is 1. The minimum absolute atomic E-state index is 0.343. The van der Waals surface area contributed by atoms with Crippen molar-refractivity contribution in [1.29, 1.82) is 0 Å². The largest absolute Gasteiger partial charge is 0.465 e. The van der Waals surface area contributed by atoms with E-state index < -0.39 is 0 Å². The molecule has 0 bridgehead atoms. The normalized spacial score (nSPS) is 20.0. The summed E-state index contributed by atoms with van der Waals surface area (Å²) < 4.78 is 4.74. The van der Waals surface area contributed by atoms with E-state index in [9.17, 15) is 4.79 Å². The number of rotatable bonds is 4. The van der Waals surface area contributed by atoms with Crippen molar-refractivity contribution < 1.29 is 9.53 Å². The predicted molar refractivity (Wildman–Crippen MR) is 92.8 cm³/mol. The van der Waals surface area contributed by atoms with Crippen LogP contribution >= 0.6 is 0 Å². The van der Waals surface area contributed by atoms with E-state index >= 15 is 0 Å². The summed E-state index contributed by atoms with van der Waals surface area (Å²) >= 11 is 0. The van der Waals surface area contributed by atoms with Gasteiger partial charge in [-0.3, -0.25) is 4.90 Å². The molecule has 1 aliphatic heterocycles. The third-order valence-corrected chi connectivity index (χ3v) is 5.15. The lowest BCUT2D eigenvalue weighted by atomic mass is 10.1. The number of nitrogens with two attached hydrogens (primary N) is 1. The van der Waals surface area contributed by atoms with E-state index in [1.54, 1.807) is 12.1 Å². The smallest absolute Gasteiger partial charge is 0.337 e. The SMILES string of the molecule is COC(=O)c1ccc(N2CCN(CC3CCCC3)CC2)c(N)c1. The third-order valence-electron chi connectivity index (χ3n) is 5.15. The molecule has 3 rings (SSSR count). The summed E-state index contributed by atoms with van der Waals surface area (Å²) in [6, 6.07) is 5.45. The standard InChI is InChI=1S/C18H27N3O2/c1-23-18(22)15-6-7-17(16(19)12-15)21-10-8-20(9-11-21)13-14-4-2-3-5-14/h6-7,12,14H,2-5,8-11,13,19H2,1H3. The number of nitrogens with zero attached hydrogens (tertiary/aromatic N) is 2. The summed E-state index contributed by atoms with van der Waals surface area (Å²) in [5, 5.41) is 0. The van der Waals surface area contributed by atoms with Crippen molar-refractivity contribution >= 4 is 17.3 Å². The monoisotopic (exact) mass is 317 g/mol. The van der Waals surface area contributed by atoms with Gasteiger partial charge in [0, 0.05) is 32.7 Å². The average Bonchev–Trinajstić information content (AvgIpc) is 3.08. The highest BCUT2D eigenvalue weighted by molar-refractivity contribution is 5.92. The molecule has 0 radical (unpaired) electrons. The van der Waals surface area contributed by atoms with Gasteiger partial charge < -0.3 is 15.4 Å². The number of ether oxygens (including phenoxy) is 1. The number of methoxy groups -OCH3 is 1. The molecule has 2 fully saturated rings. The van der Waals surface area contributed by atoms with Crippen LogP contribution in [0.4, 0.5) is 11.4 Å². The van der Waals surface area contributed by atoms with Gasteiger partial charge in [-0.25, -0.2) is 4.79 Å². The molecule has 0 spiro atoms. The summed E-state index contributed by atoms with van der Waals surface area (Å²) in [4.78, 5) is 16.5. The van der Waals surface area contributed by atoms with Crippen LogP contribution in [0.1, 0.15) is 36.0 Å². The topological polar surface area (TPSA) is 58.8 Å². The Kier molecular flexibility index (Phi) is 5.06. The third kappa shape index (κ3) is 3.78. The molecule has 2 aliphatic rings. The number of anilines is 2. The number of nitrogen functional groups attached to an aromatic ring is 1.